The molecule has 0 spiro atoms. The third-order valence-corrected chi connectivity index (χ3v) is 3.56. The van der Waals surface area contributed by atoms with Crippen LogP contribution in [-0.4, -0.2) is 19.8 Å². The number of anilines is 1. The first kappa shape index (κ1) is 11.7. The summed E-state index contributed by atoms with van der Waals surface area (Å²) >= 11 is 0. The summed E-state index contributed by atoms with van der Waals surface area (Å²) in [6.45, 7) is 1.83. The lowest BCUT2D eigenvalue weighted by Gasteiger charge is -2.07. The Kier molecular flexibility index (Phi) is 2.66. The number of aromatic nitrogens is 1. The van der Waals surface area contributed by atoms with Crippen molar-refractivity contribution in [2.45, 2.75) is 11.8 Å². The molecule has 0 aliphatic heterocycles. The molecular formula is C11H12N2O3S. The lowest BCUT2D eigenvalue weighted by Crippen LogP contribution is -2.01. The maximum absolute atomic E-state index is 11.7. The number of nitrogen functional groups attached to an aromatic ring is 1. The Morgan fingerprint density at radius 3 is 2.53 bits per heavy atom. The van der Waals surface area contributed by atoms with Gasteiger partial charge in [-0.25, -0.2) is 8.42 Å². The molecule has 0 aliphatic carbocycles. The molecule has 0 atom stereocenters. The molecule has 0 unspecified atom stereocenters. The van der Waals surface area contributed by atoms with E-state index in [-0.39, 0.29) is 10.8 Å². The molecule has 1 aromatic carbocycles. The second-order valence-electron chi connectivity index (χ2n) is 3.88. The highest BCUT2D eigenvalue weighted by Gasteiger charge is 2.18. The van der Waals surface area contributed by atoms with Crippen molar-refractivity contribution in [2.24, 2.45) is 0 Å². The summed E-state index contributed by atoms with van der Waals surface area (Å²) < 4.78 is 28.2. The number of sulfone groups is 1. The minimum atomic E-state index is -3.32. The van der Waals surface area contributed by atoms with Crippen LogP contribution in [0.1, 0.15) is 5.56 Å². The van der Waals surface area contributed by atoms with Gasteiger partial charge < -0.3 is 10.3 Å². The Morgan fingerprint density at radius 2 is 2.00 bits per heavy atom. The number of hydrogen-bond acceptors (Lipinski definition) is 5. The predicted molar refractivity (Wildman–Crippen MR) is 64.2 cm³/mol. The van der Waals surface area contributed by atoms with E-state index in [0.717, 1.165) is 11.8 Å². The number of rotatable bonds is 2. The Bertz CT molecular complexity index is 659. The summed E-state index contributed by atoms with van der Waals surface area (Å²) in [7, 11) is -3.32. The van der Waals surface area contributed by atoms with E-state index in [1.165, 1.54) is 6.20 Å². The van der Waals surface area contributed by atoms with Gasteiger partial charge in [0.25, 0.3) is 0 Å². The largest absolute Gasteiger partial charge is 0.367 e. The fourth-order valence-corrected chi connectivity index (χ4v) is 2.59. The minimum Gasteiger partial charge on any atom is -0.367 e. The Balaban J connectivity index is 2.76. The molecule has 0 bridgehead atoms. The van der Waals surface area contributed by atoms with Crippen LogP contribution in [0.5, 0.6) is 0 Å². The standard InChI is InChI=1S/C11H12N2O3S/c1-7-3-4-8(9-6-13-16-11(9)12)10(5-7)17(2,14)15/h3-6H,12H2,1-2H3. The van der Waals surface area contributed by atoms with Gasteiger partial charge in [0.1, 0.15) is 0 Å². The first-order valence-electron chi connectivity index (χ1n) is 4.91. The normalized spacial score (nSPS) is 11.6. The molecule has 0 saturated heterocycles. The summed E-state index contributed by atoms with van der Waals surface area (Å²) in [6.07, 6.45) is 2.57. The SMILES string of the molecule is Cc1ccc(-c2cnoc2N)c(S(C)(=O)=O)c1. The smallest absolute Gasteiger partial charge is 0.229 e. The van der Waals surface area contributed by atoms with Gasteiger partial charge in [0.15, 0.2) is 9.84 Å². The molecule has 2 N–H and O–H groups in total. The number of benzene rings is 1. The molecule has 0 saturated carbocycles. The number of aryl methyl sites for hydroxylation is 1. The summed E-state index contributed by atoms with van der Waals surface area (Å²) in [5.41, 5.74) is 7.47. The number of nitrogens with zero attached hydrogens (tertiary/aromatic N) is 1. The topological polar surface area (TPSA) is 86.2 Å². The molecule has 1 aromatic heterocycles. The monoisotopic (exact) mass is 252 g/mol. The molecular weight excluding hydrogens is 240 g/mol. The molecule has 90 valence electrons. The quantitative estimate of drug-likeness (QED) is 0.878. The fraction of sp³-hybridized carbons (Fsp3) is 0.182. The van der Waals surface area contributed by atoms with E-state index >= 15 is 0 Å². The second-order valence-corrected chi connectivity index (χ2v) is 5.86. The molecule has 5 nitrogen and oxygen atoms in total. The lowest BCUT2D eigenvalue weighted by molar-refractivity contribution is 0.436. The predicted octanol–water partition coefficient (Wildman–Crippen LogP) is 1.64. The van der Waals surface area contributed by atoms with E-state index in [9.17, 15) is 8.42 Å². The lowest BCUT2D eigenvalue weighted by atomic mass is 10.1. The van der Waals surface area contributed by atoms with Crippen molar-refractivity contribution in [3.05, 3.63) is 30.0 Å². The maximum Gasteiger partial charge on any atom is 0.229 e. The minimum absolute atomic E-state index is 0.110. The zero-order chi connectivity index (χ0) is 12.6. The molecule has 0 radical (unpaired) electrons. The van der Waals surface area contributed by atoms with Crippen LogP contribution in [0.4, 0.5) is 5.88 Å². The second kappa shape index (κ2) is 3.89. The van der Waals surface area contributed by atoms with Gasteiger partial charge in [0.05, 0.1) is 16.7 Å². The molecule has 17 heavy (non-hydrogen) atoms. The van der Waals surface area contributed by atoms with E-state index in [1.807, 2.05) is 13.0 Å². The summed E-state index contributed by atoms with van der Waals surface area (Å²) in [5.74, 6) is 0.110. The average Bonchev–Trinajstić information content (AvgIpc) is 2.63. The Morgan fingerprint density at radius 1 is 1.29 bits per heavy atom. The van der Waals surface area contributed by atoms with Gasteiger partial charge in [-0.2, -0.15) is 0 Å². The van der Waals surface area contributed by atoms with Gasteiger partial charge in [-0.3, -0.25) is 0 Å². The van der Waals surface area contributed by atoms with E-state index < -0.39 is 9.84 Å². The van der Waals surface area contributed by atoms with Gasteiger partial charge >= 0.3 is 0 Å². The number of hydrogen-bond donors (Lipinski definition) is 1. The molecule has 2 rings (SSSR count). The maximum atomic E-state index is 11.7. The summed E-state index contributed by atoms with van der Waals surface area (Å²) in [5, 5.41) is 3.55. The zero-order valence-corrected chi connectivity index (χ0v) is 10.3. The van der Waals surface area contributed by atoms with Crippen LogP contribution in [0.3, 0.4) is 0 Å². The van der Waals surface area contributed by atoms with Crippen molar-refractivity contribution in [2.75, 3.05) is 12.0 Å². The Hall–Kier alpha value is -1.82. The molecule has 2 aromatic rings. The molecule has 0 amide bonds. The highest BCUT2D eigenvalue weighted by molar-refractivity contribution is 7.90. The molecule has 0 aliphatic rings. The highest BCUT2D eigenvalue weighted by atomic mass is 32.2. The van der Waals surface area contributed by atoms with Gasteiger partial charge in [-0.05, 0) is 18.6 Å². The highest BCUT2D eigenvalue weighted by Crippen LogP contribution is 2.31. The van der Waals surface area contributed by atoms with Crippen molar-refractivity contribution < 1.29 is 12.9 Å². The van der Waals surface area contributed by atoms with Crippen molar-refractivity contribution in [1.29, 1.82) is 0 Å². The van der Waals surface area contributed by atoms with Crippen LogP contribution in [0.15, 0.2) is 33.8 Å². The average molecular weight is 252 g/mol. The summed E-state index contributed by atoms with van der Waals surface area (Å²) in [4.78, 5) is 0.229. The van der Waals surface area contributed by atoms with Gasteiger partial charge in [-0.15, -0.1) is 0 Å². The van der Waals surface area contributed by atoms with Crippen molar-refractivity contribution in [1.82, 2.24) is 5.16 Å². The molecule has 6 heteroatoms. The number of nitrogens with two attached hydrogens (primary N) is 1. The first-order valence-corrected chi connectivity index (χ1v) is 6.80. The Labute approximate surface area is 99.1 Å². The third kappa shape index (κ3) is 2.16. The van der Waals surface area contributed by atoms with Crippen molar-refractivity contribution in [3.8, 4) is 11.1 Å². The molecule has 1 heterocycles. The van der Waals surface area contributed by atoms with Crippen LogP contribution >= 0.6 is 0 Å². The van der Waals surface area contributed by atoms with Crippen molar-refractivity contribution >= 4 is 15.7 Å². The van der Waals surface area contributed by atoms with E-state index in [4.69, 9.17) is 10.3 Å². The summed E-state index contributed by atoms with van der Waals surface area (Å²) in [6, 6.07) is 5.13. The van der Waals surface area contributed by atoms with Gasteiger partial charge in [-0.1, -0.05) is 17.3 Å². The zero-order valence-electron chi connectivity index (χ0n) is 9.47. The van der Waals surface area contributed by atoms with E-state index in [1.54, 1.807) is 12.1 Å². The first-order chi connectivity index (χ1) is 7.89. The van der Waals surface area contributed by atoms with Crippen LogP contribution in [-0.2, 0) is 9.84 Å². The van der Waals surface area contributed by atoms with Crippen LogP contribution in [0, 0.1) is 6.92 Å². The van der Waals surface area contributed by atoms with Crippen LogP contribution in [0.25, 0.3) is 11.1 Å². The fourth-order valence-electron chi connectivity index (χ4n) is 1.61. The molecule has 0 fully saturated rings. The van der Waals surface area contributed by atoms with E-state index in [2.05, 4.69) is 5.16 Å². The van der Waals surface area contributed by atoms with Gasteiger partial charge in [0, 0.05) is 11.8 Å². The van der Waals surface area contributed by atoms with Crippen molar-refractivity contribution in [3.63, 3.8) is 0 Å². The van der Waals surface area contributed by atoms with Gasteiger partial charge in [0.2, 0.25) is 5.88 Å². The van der Waals surface area contributed by atoms with Crippen LogP contribution < -0.4 is 5.73 Å². The van der Waals surface area contributed by atoms with E-state index in [0.29, 0.717) is 11.1 Å². The van der Waals surface area contributed by atoms with Crippen LogP contribution in [0.2, 0.25) is 0 Å². The third-order valence-electron chi connectivity index (χ3n) is 2.43.